The van der Waals surface area contributed by atoms with Crippen molar-refractivity contribution in [3.8, 4) is 5.75 Å². The predicted octanol–water partition coefficient (Wildman–Crippen LogP) is 1.44. The maximum Gasteiger partial charge on any atom is 0.322 e. The summed E-state index contributed by atoms with van der Waals surface area (Å²) in [5.41, 5.74) is 2.05. The van der Waals surface area contributed by atoms with Crippen LogP contribution in [0.3, 0.4) is 0 Å². The maximum atomic E-state index is 10.5. The molecule has 94 valence electrons. The molecule has 0 saturated heterocycles. The van der Waals surface area contributed by atoms with Gasteiger partial charge in [-0.05, 0) is 19.1 Å². The van der Waals surface area contributed by atoms with E-state index >= 15 is 0 Å². The van der Waals surface area contributed by atoms with Crippen LogP contribution in [0.2, 0.25) is 0 Å². The number of carbonyl (C=O) groups is 1. The summed E-state index contributed by atoms with van der Waals surface area (Å²) in [6, 6.07) is 5.36. The molecular weight excluding hydrogens is 234 g/mol. The number of methoxy groups -OCH3 is 1. The third-order valence-corrected chi connectivity index (χ3v) is 2.45. The Morgan fingerprint density at radius 1 is 1.39 bits per heavy atom. The van der Waals surface area contributed by atoms with Gasteiger partial charge < -0.3 is 15.2 Å². The van der Waals surface area contributed by atoms with Crippen molar-refractivity contribution < 1.29 is 14.6 Å². The van der Waals surface area contributed by atoms with E-state index in [0.29, 0.717) is 28.3 Å². The molecule has 6 nitrogen and oxygen atoms in total. The molecule has 2 N–H and O–H groups in total. The van der Waals surface area contributed by atoms with Gasteiger partial charge in [-0.2, -0.15) is 0 Å². The van der Waals surface area contributed by atoms with E-state index in [-0.39, 0.29) is 6.54 Å². The Bertz CT molecular complexity index is 598. The van der Waals surface area contributed by atoms with Crippen LogP contribution in [0.5, 0.6) is 5.75 Å². The molecule has 0 fully saturated rings. The van der Waals surface area contributed by atoms with E-state index in [9.17, 15) is 4.79 Å². The molecule has 0 spiro atoms. The highest BCUT2D eigenvalue weighted by Gasteiger charge is 2.07. The van der Waals surface area contributed by atoms with Crippen LogP contribution in [0.1, 0.15) is 5.69 Å². The minimum absolute atomic E-state index is 0.183. The number of nitrogens with zero attached hydrogens (tertiary/aromatic N) is 2. The van der Waals surface area contributed by atoms with Crippen molar-refractivity contribution in [1.29, 1.82) is 0 Å². The molecule has 1 aromatic heterocycles. The Hall–Kier alpha value is -2.37. The van der Waals surface area contributed by atoms with Gasteiger partial charge in [0, 0.05) is 6.07 Å². The predicted molar refractivity (Wildman–Crippen MR) is 67.0 cm³/mol. The highest BCUT2D eigenvalue weighted by atomic mass is 16.5. The van der Waals surface area contributed by atoms with E-state index in [1.54, 1.807) is 32.2 Å². The van der Waals surface area contributed by atoms with Crippen LogP contribution in [0, 0.1) is 6.92 Å². The van der Waals surface area contributed by atoms with Crippen molar-refractivity contribution >= 4 is 22.8 Å². The van der Waals surface area contributed by atoms with Gasteiger partial charge in [0.25, 0.3) is 0 Å². The third-order valence-electron chi connectivity index (χ3n) is 2.45. The lowest BCUT2D eigenvalue weighted by molar-refractivity contribution is -0.134. The Morgan fingerprint density at radius 2 is 2.17 bits per heavy atom. The van der Waals surface area contributed by atoms with Gasteiger partial charge in [0.05, 0.1) is 23.8 Å². The first-order valence-corrected chi connectivity index (χ1v) is 5.38. The van der Waals surface area contributed by atoms with Crippen LogP contribution in [-0.4, -0.2) is 34.7 Å². The summed E-state index contributed by atoms with van der Waals surface area (Å²) < 4.78 is 5.11. The van der Waals surface area contributed by atoms with E-state index in [4.69, 9.17) is 9.84 Å². The molecule has 6 heteroatoms. The molecule has 0 aliphatic carbocycles. The zero-order chi connectivity index (χ0) is 13.1. The summed E-state index contributed by atoms with van der Waals surface area (Å²) in [6.45, 7) is 1.59. The molecule has 1 heterocycles. The molecule has 0 saturated carbocycles. The van der Waals surface area contributed by atoms with E-state index in [1.165, 1.54) is 0 Å². The topological polar surface area (TPSA) is 84.3 Å². The average molecular weight is 247 g/mol. The monoisotopic (exact) mass is 247 g/mol. The SMILES string of the molecule is COc1ccc2nc(NCC(=O)O)c(C)nc2c1. The molecule has 2 rings (SSSR count). The molecule has 1 aromatic carbocycles. The van der Waals surface area contributed by atoms with Crippen LogP contribution >= 0.6 is 0 Å². The molecule has 0 atom stereocenters. The Kier molecular flexibility index (Phi) is 3.27. The van der Waals surface area contributed by atoms with Gasteiger partial charge in [0.2, 0.25) is 0 Å². The first kappa shape index (κ1) is 12.1. The summed E-state index contributed by atoms with van der Waals surface area (Å²) in [6.07, 6.45) is 0. The van der Waals surface area contributed by atoms with Gasteiger partial charge in [0.15, 0.2) is 0 Å². The van der Waals surface area contributed by atoms with Gasteiger partial charge in [-0.3, -0.25) is 4.79 Å². The highest BCUT2D eigenvalue weighted by Crippen LogP contribution is 2.20. The molecule has 2 aromatic rings. The molecule has 0 aliphatic heterocycles. The van der Waals surface area contributed by atoms with Gasteiger partial charge in [0.1, 0.15) is 18.1 Å². The van der Waals surface area contributed by atoms with Gasteiger partial charge in [-0.15, -0.1) is 0 Å². The number of hydrogen-bond acceptors (Lipinski definition) is 5. The van der Waals surface area contributed by atoms with Crippen LogP contribution < -0.4 is 10.1 Å². The summed E-state index contributed by atoms with van der Waals surface area (Å²) in [5, 5.41) is 11.3. The lowest BCUT2D eigenvalue weighted by Gasteiger charge is -2.08. The largest absolute Gasteiger partial charge is 0.497 e. The normalized spacial score (nSPS) is 10.3. The summed E-state index contributed by atoms with van der Waals surface area (Å²) in [7, 11) is 1.59. The van der Waals surface area contributed by atoms with E-state index in [2.05, 4.69) is 15.3 Å². The second-order valence-corrected chi connectivity index (χ2v) is 3.76. The maximum absolute atomic E-state index is 10.5. The summed E-state index contributed by atoms with van der Waals surface area (Å²) in [5.74, 6) is 0.253. The number of ether oxygens (including phenoxy) is 1. The number of aryl methyl sites for hydroxylation is 1. The van der Waals surface area contributed by atoms with Crippen molar-refractivity contribution in [2.24, 2.45) is 0 Å². The number of benzene rings is 1. The van der Waals surface area contributed by atoms with Gasteiger partial charge in [-0.1, -0.05) is 0 Å². The van der Waals surface area contributed by atoms with Crippen LogP contribution in [0.15, 0.2) is 18.2 Å². The molecule has 0 aliphatic rings. The number of aliphatic carboxylic acids is 1. The van der Waals surface area contributed by atoms with Crippen LogP contribution in [0.25, 0.3) is 11.0 Å². The smallest absolute Gasteiger partial charge is 0.322 e. The number of nitrogens with one attached hydrogen (secondary N) is 1. The minimum atomic E-state index is -0.939. The third kappa shape index (κ3) is 2.48. The fourth-order valence-corrected chi connectivity index (χ4v) is 1.58. The highest BCUT2D eigenvalue weighted by molar-refractivity contribution is 5.79. The second kappa shape index (κ2) is 4.87. The van der Waals surface area contributed by atoms with Gasteiger partial charge >= 0.3 is 5.97 Å². The van der Waals surface area contributed by atoms with Gasteiger partial charge in [-0.25, -0.2) is 9.97 Å². The number of fused-ring (bicyclic) bond motifs is 1. The van der Waals surface area contributed by atoms with E-state index in [0.717, 1.165) is 0 Å². The fourth-order valence-electron chi connectivity index (χ4n) is 1.58. The van der Waals surface area contributed by atoms with Crippen molar-refractivity contribution in [2.75, 3.05) is 19.0 Å². The summed E-state index contributed by atoms with van der Waals surface area (Å²) in [4.78, 5) is 19.2. The Balaban J connectivity index is 2.39. The van der Waals surface area contributed by atoms with Crippen molar-refractivity contribution in [3.05, 3.63) is 23.9 Å². The quantitative estimate of drug-likeness (QED) is 0.850. The molecule has 0 unspecified atom stereocenters. The molecule has 18 heavy (non-hydrogen) atoms. The second-order valence-electron chi connectivity index (χ2n) is 3.76. The van der Waals surface area contributed by atoms with Crippen LogP contribution in [-0.2, 0) is 4.79 Å². The number of hydrogen-bond donors (Lipinski definition) is 2. The standard InChI is InChI=1S/C12H13N3O3/c1-7-12(13-6-11(16)17)15-9-4-3-8(18-2)5-10(9)14-7/h3-5H,6H2,1-2H3,(H,13,15)(H,16,17). The first-order valence-electron chi connectivity index (χ1n) is 5.38. The summed E-state index contributed by atoms with van der Waals surface area (Å²) >= 11 is 0. The fraction of sp³-hybridized carbons (Fsp3) is 0.250. The van der Waals surface area contributed by atoms with Crippen molar-refractivity contribution in [1.82, 2.24) is 9.97 Å². The molecular formula is C12H13N3O3. The zero-order valence-corrected chi connectivity index (χ0v) is 10.1. The molecule has 0 radical (unpaired) electrons. The lowest BCUT2D eigenvalue weighted by Crippen LogP contribution is -2.14. The number of aromatic nitrogens is 2. The zero-order valence-electron chi connectivity index (χ0n) is 10.1. The number of carboxylic acids is 1. The van der Waals surface area contributed by atoms with Crippen molar-refractivity contribution in [2.45, 2.75) is 6.92 Å². The Morgan fingerprint density at radius 3 is 2.83 bits per heavy atom. The molecule has 0 bridgehead atoms. The number of anilines is 1. The number of rotatable bonds is 4. The minimum Gasteiger partial charge on any atom is -0.497 e. The first-order chi connectivity index (χ1) is 8.60. The van der Waals surface area contributed by atoms with Crippen molar-refractivity contribution in [3.63, 3.8) is 0 Å². The number of carboxylic acid groups (broad SMARTS) is 1. The van der Waals surface area contributed by atoms with E-state index < -0.39 is 5.97 Å². The average Bonchev–Trinajstić information content (AvgIpc) is 2.35. The van der Waals surface area contributed by atoms with Crippen LogP contribution in [0.4, 0.5) is 5.82 Å². The Labute approximate surface area is 104 Å². The van der Waals surface area contributed by atoms with E-state index in [1.807, 2.05) is 0 Å². The lowest BCUT2D eigenvalue weighted by atomic mass is 10.2. The molecule has 0 amide bonds.